The second kappa shape index (κ2) is 16.8. The summed E-state index contributed by atoms with van der Waals surface area (Å²) in [6.45, 7) is 6.31. The predicted molar refractivity (Wildman–Crippen MR) is 291 cm³/mol. The van der Waals surface area contributed by atoms with Crippen molar-refractivity contribution < 1.29 is 0 Å². The lowest BCUT2D eigenvalue weighted by Crippen LogP contribution is -2.55. The second-order valence-corrected chi connectivity index (χ2v) is 21.2. The number of fused-ring (bicyclic) bond motifs is 4. The van der Waals surface area contributed by atoms with E-state index in [-0.39, 0.29) is 10.8 Å². The maximum Gasteiger partial charge on any atom is 0.0542 e. The van der Waals surface area contributed by atoms with Gasteiger partial charge in [-0.2, -0.15) is 0 Å². The van der Waals surface area contributed by atoms with Gasteiger partial charge in [0, 0.05) is 50.6 Å². The van der Waals surface area contributed by atoms with Crippen LogP contribution in [-0.4, -0.2) is 4.57 Å². The van der Waals surface area contributed by atoms with Crippen LogP contribution in [-0.2, 0) is 30.1 Å². The minimum Gasteiger partial charge on any atom is -0.311 e. The molecule has 340 valence electrons. The number of para-hydroxylation sites is 2. The Morgan fingerprint density at radius 3 is 1.65 bits per heavy atom. The molecular formula is C66H61N3. The molecular weight excluding hydrogens is 835 g/mol. The maximum atomic E-state index is 4.03. The fraction of sp³-hybridized carbons (Fsp3) is 0.242. The van der Waals surface area contributed by atoms with Gasteiger partial charge in [0.1, 0.15) is 0 Å². The van der Waals surface area contributed by atoms with Gasteiger partial charge in [-0.1, -0.05) is 117 Å². The number of nitrogens with zero attached hydrogens (tertiary/aromatic N) is 3. The Balaban J connectivity index is 0.879. The third-order valence-corrected chi connectivity index (χ3v) is 17.0. The number of anilines is 6. The monoisotopic (exact) mass is 895 g/mol. The standard InChI is InChI=1S/C66H61N3/c1-3-5-11-47-18-27-55(28-19-47)67(56-30-25-53(26-31-56)66-43-48-38-49(44-66)42-65(41-48,45-66)52-23-16-46(4-2)17-24-52)57-32-34-58(35-33-57)68(59-29-22-50-20-21-51(50)39-59)60-36-37-64-62(40-60)61-14-9-10-15-63(61)69(64)54-12-7-6-8-13-54/h4,6-10,12-19,22-37,39-40,48-49H,2-3,5,11,20-21,38,41-45H2,1H3. The smallest absolute Gasteiger partial charge is 0.0542 e. The molecule has 0 saturated heterocycles. The second-order valence-electron chi connectivity index (χ2n) is 21.2. The zero-order valence-corrected chi connectivity index (χ0v) is 40.0. The molecule has 2 unspecified atom stereocenters. The summed E-state index contributed by atoms with van der Waals surface area (Å²) in [4.78, 5) is 4.93. The summed E-state index contributed by atoms with van der Waals surface area (Å²) in [5.41, 5.74) is 19.8. The van der Waals surface area contributed by atoms with Crippen molar-refractivity contribution in [3.8, 4) is 5.69 Å². The third-order valence-electron chi connectivity index (χ3n) is 17.0. The van der Waals surface area contributed by atoms with E-state index in [2.05, 4.69) is 216 Å². The fourth-order valence-corrected chi connectivity index (χ4v) is 14.0. The van der Waals surface area contributed by atoms with E-state index >= 15 is 0 Å². The zero-order chi connectivity index (χ0) is 46.1. The lowest BCUT2D eigenvalue weighted by atomic mass is 9.42. The van der Waals surface area contributed by atoms with Crippen LogP contribution in [0, 0.1) is 11.8 Å². The fourth-order valence-electron chi connectivity index (χ4n) is 14.0. The van der Waals surface area contributed by atoms with Crippen LogP contribution in [0.5, 0.6) is 0 Å². The molecule has 0 radical (unpaired) electrons. The molecule has 3 heteroatoms. The van der Waals surface area contributed by atoms with Crippen molar-refractivity contribution in [3.63, 3.8) is 0 Å². The van der Waals surface area contributed by atoms with Crippen LogP contribution in [0.1, 0.15) is 91.7 Å². The molecule has 5 aliphatic rings. The van der Waals surface area contributed by atoms with Crippen molar-refractivity contribution in [2.75, 3.05) is 9.80 Å². The molecule has 9 aromatic rings. The lowest BCUT2D eigenvalue weighted by molar-refractivity contribution is -0.0281. The van der Waals surface area contributed by atoms with Crippen molar-refractivity contribution in [2.45, 2.75) is 88.4 Å². The Morgan fingerprint density at radius 2 is 1.04 bits per heavy atom. The first-order valence-electron chi connectivity index (χ1n) is 25.8. The van der Waals surface area contributed by atoms with Crippen molar-refractivity contribution in [1.29, 1.82) is 0 Å². The summed E-state index contributed by atoms with van der Waals surface area (Å²) in [7, 11) is 0. The van der Waals surface area contributed by atoms with Crippen LogP contribution in [0.4, 0.5) is 34.1 Å². The number of aryl methyl sites for hydroxylation is 3. The number of rotatable bonds is 13. The highest BCUT2D eigenvalue weighted by Crippen LogP contribution is 2.66. The molecule has 5 aliphatic carbocycles. The van der Waals surface area contributed by atoms with Crippen molar-refractivity contribution in [2.24, 2.45) is 11.8 Å². The summed E-state index contributed by atoms with van der Waals surface area (Å²) >= 11 is 0. The van der Waals surface area contributed by atoms with Crippen molar-refractivity contribution in [3.05, 3.63) is 228 Å². The highest BCUT2D eigenvalue weighted by atomic mass is 15.2. The summed E-state index contributed by atoms with van der Waals surface area (Å²) < 4.78 is 2.40. The van der Waals surface area contributed by atoms with E-state index in [9.17, 15) is 0 Å². The Bertz CT molecular complexity index is 3330. The number of hydrogen-bond acceptors (Lipinski definition) is 2. The minimum atomic E-state index is 0.231. The van der Waals surface area contributed by atoms with E-state index < -0.39 is 0 Å². The molecule has 0 amide bonds. The Morgan fingerprint density at radius 1 is 0.522 bits per heavy atom. The van der Waals surface area contributed by atoms with Gasteiger partial charge in [0.05, 0.1) is 11.0 Å². The highest BCUT2D eigenvalue weighted by Gasteiger charge is 2.58. The molecule has 3 nitrogen and oxygen atoms in total. The van der Waals surface area contributed by atoms with E-state index in [1.165, 1.54) is 130 Å². The molecule has 0 N–H and O–H groups in total. The van der Waals surface area contributed by atoms with E-state index in [1.54, 1.807) is 5.56 Å². The number of unbranched alkanes of at least 4 members (excludes halogenated alkanes) is 1. The van der Waals surface area contributed by atoms with Gasteiger partial charge in [-0.15, -0.1) is 0 Å². The molecule has 1 heterocycles. The summed E-state index contributed by atoms with van der Waals surface area (Å²) in [5, 5.41) is 2.51. The van der Waals surface area contributed by atoms with Gasteiger partial charge in [0.15, 0.2) is 0 Å². The largest absolute Gasteiger partial charge is 0.311 e. The van der Waals surface area contributed by atoms with Crippen molar-refractivity contribution in [1.82, 2.24) is 4.57 Å². The van der Waals surface area contributed by atoms with Gasteiger partial charge in [0.25, 0.3) is 0 Å². The lowest BCUT2D eigenvalue weighted by Gasteiger charge is -2.63. The van der Waals surface area contributed by atoms with E-state index in [4.69, 9.17) is 0 Å². The quantitative estimate of drug-likeness (QED) is 0.114. The average molecular weight is 896 g/mol. The van der Waals surface area contributed by atoms with Crippen LogP contribution < -0.4 is 9.80 Å². The maximum absolute atomic E-state index is 4.03. The van der Waals surface area contributed by atoms with E-state index in [0.29, 0.717) is 0 Å². The average Bonchev–Trinajstić information content (AvgIpc) is 3.71. The first-order valence-corrected chi connectivity index (χ1v) is 25.8. The molecule has 4 fully saturated rings. The summed E-state index contributed by atoms with van der Waals surface area (Å²) in [5.74, 6) is 1.60. The van der Waals surface area contributed by atoms with Crippen molar-refractivity contribution >= 4 is 62.0 Å². The number of aromatic nitrogens is 1. The molecule has 69 heavy (non-hydrogen) atoms. The van der Waals surface area contributed by atoms with Crippen LogP contribution >= 0.6 is 0 Å². The Kier molecular flexibility index (Phi) is 10.3. The zero-order valence-electron chi connectivity index (χ0n) is 40.0. The molecule has 0 spiro atoms. The first kappa shape index (κ1) is 42.0. The van der Waals surface area contributed by atoms with E-state index in [0.717, 1.165) is 41.7 Å². The first-order chi connectivity index (χ1) is 34.0. The molecule has 2 atom stereocenters. The summed E-state index contributed by atoms with van der Waals surface area (Å²) in [6.07, 6.45) is 15.8. The molecule has 8 aromatic carbocycles. The minimum absolute atomic E-state index is 0.231. The topological polar surface area (TPSA) is 11.4 Å². The van der Waals surface area contributed by atoms with Crippen LogP contribution in [0.3, 0.4) is 0 Å². The van der Waals surface area contributed by atoms with Gasteiger partial charge in [-0.25, -0.2) is 0 Å². The van der Waals surface area contributed by atoms with Gasteiger partial charge in [-0.3, -0.25) is 0 Å². The Hall–Kier alpha value is -7.10. The molecule has 4 bridgehead atoms. The molecule has 4 saturated carbocycles. The SMILES string of the molecule is C=Cc1ccc(C23CC4CC(C2)CC(c2ccc(N(c5ccc(CCCC)cc5)c5ccc(N(c6ccc7c(c6)CC7)c6ccc7c(c6)c6ccccc6n7-c6ccccc6)cc5)cc2)(C4)C3)cc1. The van der Waals surface area contributed by atoms with Crippen LogP contribution in [0.15, 0.2) is 195 Å². The molecule has 0 aliphatic heterocycles. The van der Waals surface area contributed by atoms with Crippen LogP contribution in [0.2, 0.25) is 0 Å². The molecule has 14 rings (SSSR count). The predicted octanol–water partition coefficient (Wildman–Crippen LogP) is 17.6. The van der Waals surface area contributed by atoms with E-state index in [1.807, 2.05) is 6.08 Å². The normalized spacial score (nSPS) is 21.0. The molecule has 1 aromatic heterocycles. The summed E-state index contributed by atoms with van der Waals surface area (Å²) in [6, 6.07) is 71.7. The van der Waals surface area contributed by atoms with Gasteiger partial charge in [0.2, 0.25) is 0 Å². The van der Waals surface area contributed by atoms with Crippen LogP contribution in [0.25, 0.3) is 33.6 Å². The highest BCUT2D eigenvalue weighted by molar-refractivity contribution is 6.10. The van der Waals surface area contributed by atoms with Gasteiger partial charge >= 0.3 is 0 Å². The van der Waals surface area contributed by atoms with Gasteiger partial charge in [-0.05, 0) is 217 Å². The number of benzene rings is 8. The Labute approximate surface area is 408 Å². The third kappa shape index (κ3) is 7.23. The van der Waals surface area contributed by atoms with Gasteiger partial charge < -0.3 is 14.4 Å². The number of hydrogen-bond donors (Lipinski definition) is 0.